The van der Waals surface area contributed by atoms with Crippen molar-refractivity contribution in [2.75, 3.05) is 7.11 Å². The Morgan fingerprint density at radius 1 is 0.786 bits per heavy atom. The number of carbonyl (C=O) groups is 1. The van der Waals surface area contributed by atoms with E-state index < -0.39 is 5.60 Å². The molecule has 4 aromatic rings. The number of hydrogen-bond acceptors (Lipinski definition) is 3. The van der Waals surface area contributed by atoms with Crippen molar-refractivity contribution in [3.05, 3.63) is 113 Å². The summed E-state index contributed by atoms with van der Waals surface area (Å²) < 4.78 is 11.6. The van der Waals surface area contributed by atoms with E-state index in [4.69, 9.17) is 9.47 Å². The smallest absolute Gasteiger partial charge is 0.340 e. The zero-order valence-corrected chi connectivity index (χ0v) is 15.4. The monoisotopic (exact) mass is 366 g/mol. The number of esters is 1. The van der Waals surface area contributed by atoms with E-state index in [-0.39, 0.29) is 5.97 Å². The van der Waals surface area contributed by atoms with Crippen LogP contribution in [0.3, 0.4) is 0 Å². The molecule has 5 rings (SSSR count). The lowest BCUT2D eigenvalue weighted by molar-refractivity contribution is 0.0252. The minimum Gasteiger partial charge on any atom is -0.496 e. The molecule has 1 heterocycles. The third kappa shape index (κ3) is 2.26. The molecule has 4 aromatic carbocycles. The molecule has 0 fully saturated rings. The summed E-state index contributed by atoms with van der Waals surface area (Å²) in [4.78, 5) is 12.7. The van der Waals surface area contributed by atoms with E-state index in [2.05, 4.69) is 6.07 Å². The van der Waals surface area contributed by atoms with E-state index in [0.717, 1.165) is 33.2 Å². The third-order valence-corrected chi connectivity index (χ3v) is 5.42. The van der Waals surface area contributed by atoms with Gasteiger partial charge in [0.15, 0.2) is 5.60 Å². The molecule has 1 aliphatic rings. The molecule has 0 saturated heterocycles. The summed E-state index contributed by atoms with van der Waals surface area (Å²) in [6, 6.07) is 29.6. The lowest BCUT2D eigenvalue weighted by Crippen LogP contribution is -2.29. The molecule has 136 valence electrons. The number of carbonyl (C=O) groups excluding carboxylic acids is 1. The van der Waals surface area contributed by atoms with Gasteiger partial charge in [-0.05, 0) is 23.6 Å². The van der Waals surface area contributed by atoms with Crippen LogP contribution >= 0.6 is 0 Å². The van der Waals surface area contributed by atoms with Gasteiger partial charge in [-0.25, -0.2) is 4.79 Å². The molecule has 0 aromatic heterocycles. The van der Waals surface area contributed by atoms with E-state index in [1.165, 1.54) is 0 Å². The van der Waals surface area contributed by atoms with E-state index >= 15 is 0 Å². The number of methoxy groups -OCH3 is 1. The Kier molecular flexibility index (Phi) is 3.69. The Labute approximate surface area is 163 Å². The van der Waals surface area contributed by atoms with Gasteiger partial charge < -0.3 is 9.47 Å². The van der Waals surface area contributed by atoms with E-state index in [9.17, 15) is 4.79 Å². The van der Waals surface area contributed by atoms with E-state index in [0.29, 0.717) is 5.56 Å². The van der Waals surface area contributed by atoms with E-state index in [1.54, 1.807) is 7.11 Å². The number of cyclic esters (lactones) is 1. The van der Waals surface area contributed by atoms with Crippen molar-refractivity contribution in [1.29, 1.82) is 0 Å². The fourth-order valence-corrected chi connectivity index (χ4v) is 4.14. The van der Waals surface area contributed by atoms with Crippen LogP contribution in [0.4, 0.5) is 0 Å². The highest BCUT2D eigenvalue weighted by atomic mass is 16.6. The number of hydrogen-bond donors (Lipinski definition) is 0. The second kappa shape index (κ2) is 6.24. The third-order valence-electron chi connectivity index (χ3n) is 5.42. The van der Waals surface area contributed by atoms with Gasteiger partial charge in [0.1, 0.15) is 5.75 Å². The van der Waals surface area contributed by atoms with Crippen molar-refractivity contribution >= 4 is 16.7 Å². The summed E-state index contributed by atoms with van der Waals surface area (Å²) in [5, 5.41) is 2.06. The van der Waals surface area contributed by atoms with Crippen molar-refractivity contribution in [2.24, 2.45) is 0 Å². The van der Waals surface area contributed by atoms with Crippen LogP contribution in [0, 0.1) is 0 Å². The number of ether oxygens (including phenoxy) is 2. The molecule has 0 spiro atoms. The zero-order valence-electron chi connectivity index (χ0n) is 15.4. The summed E-state index contributed by atoms with van der Waals surface area (Å²) >= 11 is 0. The largest absolute Gasteiger partial charge is 0.496 e. The maximum atomic E-state index is 12.7. The van der Waals surface area contributed by atoms with Gasteiger partial charge in [-0.1, -0.05) is 72.8 Å². The SMILES string of the molecule is COc1cccc2cc(C3(c4ccccc4)OC(=O)c4ccccc43)ccc12. The maximum absolute atomic E-state index is 12.7. The normalized spacial score (nSPS) is 18.0. The van der Waals surface area contributed by atoms with Gasteiger partial charge in [-0.3, -0.25) is 0 Å². The van der Waals surface area contributed by atoms with Gasteiger partial charge in [0.2, 0.25) is 0 Å². The summed E-state index contributed by atoms with van der Waals surface area (Å²) in [6.07, 6.45) is 0. The van der Waals surface area contributed by atoms with Gasteiger partial charge in [0, 0.05) is 22.1 Å². The second-order valence-corrected chi connectivity index (χ2v) is 6.88. The molecule has 0 saturated carbocycles. The van der Waals surface area contributed by atoms with E-state index in [1.807, 2.05) is 84.9 Å². The molecule has 1 aliphatic heterocycles. The van der Waals surface area contributed by atoms with Crippen LogP contribution in [0.5, 0.6) is 5.75 Å². The van der Waals surface area contributed by atoms with Gasteiger partial charge in [-0.2, -0.15) is 0 Å². The second-order valence-electron chi connectivity index (χ2n) is 6.88. The van der Waals surface area contributed by atoms with Crippen LogP contribution in [-0.2, 0) is 10.3 Å². The zero-order chi connectivity index (χ0) is 19.1. The van der Waals surface area contributed by atoms with Crippen LogP contribution in [0.25, 0.3) is 10.8 Å². The topological polar surface area (TPSA) is 35.5 Å². The molecule has 3 heteroatoms. The van der Waals surface area contributed by atoms with Gasteiger partial charge >= 0.3 is 5.97 Å². The van der Waals surface area contributed by atoms with Crippen LogP contribution in [0.1, 0.15) is 27.0 Å². The average Bonchev–Trinajstić information content (AvgIpc) is 3.07. The lowest BCUT2D eigenvalue weighted by Gasteiger charge is -2.30. The number of fused-ring (bicyclic) bond motifs is 2. The van der Waals surface area contributed by atoms with Crippen LogP contribution in [0.15, 0.2) is 91.0 Å². The highest BCUT2D eigenvalue weighted by Crippen LogP contribution is 2.47. The molecule has 28 heavy (non-hydrogen) atoms. The first-order chi connectivity index (χ1) is 13.7. The predicted octanol–water partition coefficient (Wildman–Crippen LogP) is 5.31. The molecular weight excluding hydrogens is 348 g/mol. The van der Waals surface area contributed by atoms with Crippen molar-refractivity contribution < 1.29 is 14.3 Å². The number of rotatable bonds is 3. The Balaban J connectivity index is 1.83. The Hall–Kier alpha value is -3.59. The van der Waals surface area contributed by atoms with Crippen LogP contribution in [0.2, 0.25) is 0 Å². The highest BCUT2D eigenvalue weighted by molar-refractivity contribution is 5.97. The molecule has 0 aliphatic carbocycles. The predicted molar refractivity (Wildman–Crippen MR) is 109 cm³/mol. The van der Waals surface area contributed by atoms with Crippen molar-refractivity contribution in [1.82, 2.24) is 0 Å². The van der Waals surface area contributed by atoms with Crippen molar-refractivity contribution in [2.45, 2.75) is 5.60 Å². The van der Waals surface area contributed by atoms with Crippen LogP contribution in [-0.4, -0.2) is 13.1 Å². The Morgan fingerprint density at radius 3 is 2.39 bits per heavy atom. The summed E-state index contributed by atoms with van der Waals surface area (Å²) in [5.41, 5.74) is 2.35. The van der Waals surface area contributed by atoms with Gasteiger partial charge in [0.25, 0.3) is 0 Å². The standard InChI is InChI=1S/C25H18O3/c1-27-23-13-7-8-17-16-19(14-15-20(17)23)25(18-9-3-2-4-10-18)22-12-6-5-11-21(22)24(26)28-25/h2-16H,1H3. The quantitative estimate of drug-likeness (QED) is 0.461. The lowest BCUT2D eigenvalue weighted by atomic mass is 9.79. The summed E-state index contributed by atoms with van der Waals surface area (Å²) in [7, 11) is 1.67. The first-order valence-electron chi connectivity index (χ1n) is 9.19. The first kappa shape index (κ1) is 16.6. The Bertz CT molecular complexity index is 1200. The minimum atomic E-state index is -0.966. The van der Waals surface area contributed by atoms with Crippen molar-refractivity contribution in [3.63, 3.8) is 0 Å². The summed E-state index contributed by atoms with van der Waals surface area (Å²) in [5.74, 6) is 0.520. The average molecular weight is 366 g/mol. The molecule has 1 atom stereocenters. The molecule has 3 nitrogen and oxygen atoms in total. The molecular formula is C25H18O3. The molecule has 0 amide bonds. The molecule has 0 N–H and O–H groups in total. The van der Waals surface area contributed by atoms with Gasteiger partial charge in [0.05, 0.1) is 12.7 Å². The summed E-state index contributed by atoms with van der Waals surface area (Å²) in [6.45, 7) is 0. The van der Waals surface area contributed by atoms with Crippen LogP contribution < -0.4 is 4.74 Å². The van der Waals surface area contributed by atoms with Gasteiger partial charge in [-0.15, -0.1) is 0 Å². The number of benzene rings is 4. The molecule has 1 unspecified atom stereocenters. The van der Waals surface area contributed by atoms with Crippen molar-refractivity contribution in [3.8, 4) is 5.75 Å². The minimum absolute atomic E-state index is 0.301. The fourth-order valence-electron chi connectivity index (χ4n) is 4.14. The highest BCUT2D eigenvalue weighted by Gasteiger charge is 2.48. The molecule has 0 radical (unpaired) electrons. The molecule has 0 bridgehead atoms. The Morgan fingerprint density at radius 2 is 1.57 bits per heavy atom. The fraction of sp³-hybridized carbons (Fsp3) is 0.0800. The first-order valence-corrected chi connectivity index (χ1v) is 9.19. The maximum Gasteiger partial charge on any atom is 0.340 e.